The lowest BCUT2D eigenvalue weighted by Crippen LogP contribution is -2.25. The number of hydrogen-bond acceptors (Lipinski definition) is 4. The summed E-state index contributed by atoms with van der Waals surface area (Å²) >= 11 is 0. The fraction of sp³-hybridized carbons (Fsp3) is 0.250. The molecule has 6 heteroatoms. The lowest BCUT2D eigenvalue weighted by Gasteiger charge is -2.03. The van der Waals surface area contributed by atoms with Crippen molar-refractivity contribution in [3.63, 3.8) is 0 Å². The summed E-state index contributed by atoms with van der Waals surface area (Å²) in [5, 5.41) is 12.3. The van der Waals surface area contributed by atoms with Crippen molar-refractivity contribution in [2.24, 2.45) is 0 Å². The molecule has 0 atom stereocenters. The highest BCUT2D eigenvalue weighted by atomic mass is 16.3. The minimum Gasteiger partial charge on any atom is -0.451 e. The molecular formula is C20H20N4O2. The Morgan fingerprint density at radius 2 is 2.08 bits per heavy atom. The Bertz CT molecular complexity index is 1090. The van der Waals surface area contributed by atoms with Gasteiger partial charge in [-0.05, 0) is 44.0 Å². The molecule has 3 heterocycles. The van der Waals surface area contributed by atoms with Gasteiger partial charge in [-0.2, -0.15) is 0 Å². The summed E-state index contributed by atoms with van der Waals surface area (Å²) in [6.45, 7) is 4.47. The number of furan rings is 1. The van der Waals surface area contributed by atoms with E-state index < -0.39 is 0 Å². The van der Waals surface area contributed by atoms with Gasteiger partial charge in [0.2, 0.25) is 0 Å². The molecule has 0 saturated carbocycles. The Balaban J connectivity index is 1.39. The van der Waals surface area contributed by atoms with Gasteiger partial charge >= 0.3 is 0 Å². The van der Waals surface area contributed by atoms with Gasteiger partial charge in [-0.3, -0.25) is 9.20 Å². The van der Waals surface area contributed by atoms with Crippen LogP contribution in [0.3, 0.4) is 0 Å². The number of fused-ring (bicyclic) bond motifs is 2. The summed E-state index contributed by atoms with van der Waals surface area (Å²) in [4.78, 5) is 12.5. The van der Waals surface area contributed by atoms with Crippen LogP contribution in [0.25, 0.3) is 16.6 Å². The average Bonchev–Trinajstić information content (AvgIpc) is 3.20. The number of nitrogens with one attached hydrogen (secondary N) is 1. The number of aromatic nitrogens is 3. The third kappa shape index (κ3) is 2.94. The summed E-state index contributed by atoms with van der Waals surface area (Å²) in [6.07, 6.45) is 3.46. The zero-order valence-electron chi connectivity index (χ0n) is 14.8. The SMILES string of the molecule is Cc1ccc2c(C)c(C(=O)NCCCc3nnc4ccccn34)oc2c1. The maximum atomic E-state index is 12.5. The number of pyridine rings is 1. The van der Waals surface area contributed by atoms with Gasteiger partial charge in [-0.15, -0.1) is 10.2 Å². The molecule has 0 fully saturated rings. The Kier molecular flexibility index (Phi) is 4.16. The van der Waals surface area contributed by atoms with Gasteiger partial charge in [-0.25, -0.2) is 0 Å². The number of rotatable bonds is 5. The molecule has 0 aliphatic carbocycles. The number of nitrogens with zero attached hydrogens (tertiary/aromatic N) is 3. The largest absolute Gasteiger partial charge is 0.451 e. The van der Waals surface area contributed by atoms with Crippen LogP contribution < -0.4 is 5.32 Å². The average molecular weight is 348 g/mol. The molecule has 0 bridgehead atoms. The van der Waals surface area contributed by atoms with Gasteiger partial charge in [0.1, 0.15) is 11.4 Å². The lowest BCUT2D eigenvalue weighted by atomic mass is 10.1. The van der Waals surface area contributed by atoms with Crippen LogP contribution >= 0.6 is 0 Å². The number of carbonyl (C=O) groups is 1. The molecule has 6 nitrogen and oxygen atoms in total. The van der Waals surface area contributed by atoms with Crippen LogP contribution in [0.2, 0.25) is 0 Å². The monoisotopic (exact) mass is 348 g/mol. The second-order valence-electron chi connectivity index (χ2n) is 6.46. The van der Waals surface area contributed by atoms with E-state index in [-0.39, 0.29) is 5.91 Å². The Labute approximate surface area is 150 Å². The molecule has 4 aromatic rings. The van der Waals surface area contributed by atoms with Crippen LogP contribution in [0.15, 0.2) is 47.0 Å². The Hall–Kier alpha value is -3.15. The first-order chi connectivity index (χ1) is 12.6. The summed E-state index contributed by atoms with van der Waals surface area (Å²) in [5.41, 5.74) is 3.57. The normalized spacial score (nSPS) is 11.3. The van der Waals surface area contributed by atoms with E-state index in [4.69, 9.17) is 4.42 Å². The predicted octanol–water partition coefficient (Wildman–Crippen LogP) is 3.45. The second-order valence-corrected chi connectivity index (χ2v) is 6.46. The van der Waals surface area contributed by atoms with E-state index in [9.17, 15) is 4.79 Å². The molecule has 132 valence electrons. The highest BCUT2D eigenvalue weighted by Crippen LogP contribution is 2.26. The lowest BCUT2D eigenvalue weighted by molar-refractivity contribution is 0.0926. The van der Waals surface area contributed by atoms with Gasteiger partial charge in [-0.1, -0.05) is 18.2 Å². The fourth-order valence-electron chi connectivity index (χ4n) is 3.14. The smallest absolute Gasteiger partial charge is 0.287 e. The Morgan fingerprint density at radius 1 is 1.19 bits per heavy atom. The highest BCUT2D eigenvalue weighted by molar-refractivity contribution is 5.98. The molecule has 4 rings (SSSR count). The van der Waals surface area contributed by atoms with Crippen LogP contribution in [0, 0.1) is 13.8 Å². The molecule has 1 N–H and O–H groups in total. The van der Waals surface area contributed by atoms with Gasteiger partial charge < -0.3 is 9.73 Å². The van der Waals surface area contributed by atoms with E-state index in [1.807, 2.05) is 60.8 Å². The summed E-state index contributed by atoms with van der Waals surface area (Å²) < 4.78 is 7.73. The molecule has 1 aromatic carbocycles. The topological polar surface area (TPSA) is 72.4 Å². The first kappa shape index (κ1) is 16.3. The molecule has 0 aliphatic heterocycles. The van der Waals surface area contributed by atoms with Gasteiger partial charge in [0.05, 0.1) is 0 Å². The molecule has 0 aliphatic rings. The molecule has 0 spiro atoms. The number of benzene rings is 1. The fourth-order valence-corrected chi connectivity index (χ4v) is 3.14. The van der Waals surface area contributed by atoms with E-state index in [1.165, 1.54) is 0 Å². The van der Waals surface area contributed by atoms with Crippen molar-refractivity contribution in [2.45, 2.75) is 26.7 Å². The Morgan fingerprint density at radius 3 is 2.96 bits per heavy atom. The first-order valence-corrected chi connectivity index (χ1v) is 8.70. The standard InChI is InChI=1S/C20H20N4O2/c1-13-8-9-15-14(2)19(26-16(15)12-13)20(25)21-10-5-7-18-23-22-17-6-3-4-11-24(17)18/h3-4,6,8-9,11-12H,5,7,10H2,1-2H3,(H,21,25). The van der Waals surface area contributed by atoms with Crippen LogP contribution in [0.4, 0.5) is 0 Å². The van der Waals surface area contributed by atoms with E-state index in [0.717, 1.165) is 46.4 Å². The van der Waals surface area contributed by atoms with Gasteiger partial charge in [0, 0.05) is 30.1 Å². The van der Waals surface area contributed by atoms with Crippen molar-refractivity contribution in [2.75, 3.05) is 6.54 Å². The minimum absolute atomic E-state index is 0.178. The van der Waals surface area contributed by atoms with Crippen LogP contribution in [0.1, 0.15) is 33.9 Å². The summed E-state index contributed by atoms with van der Waals surface area (Å²) in [6, 6.07) is 11.8. The second kappa shape index (κ2) is 6.63. The van der Waals surface area contributed by atoms with E-state index in [1.54, 1.807) is 0 Å². The molecule has 26 heavy (non-hydrogen) atoms. The first-order valence-electron chi connectivity index (χ1n) is 8.70. The third-order valence-electron chi connectivity index (χ3n) is 4.55. The molecule has 0 saturated heterocycles. The zero-order chi connectivity index (χ0) is 18.1. The molecule has 0 unspecified atom stereocenters. The zero-order valence-corrected chi connectivity index (χ0v) is 14.8. The van der Waals surface area contributed by atoms with Crippen molar-refractivity contribution in [1.82, 2.24) is 19.9 Å². The van der Waals surface area contributed by atoms with Crippen molar-refractivity contribution in [1.29, 1.82) is 0 Å². The van der Waals surface area contributed by atoms with Crippen molar-refractivity contribution in [3.8, 4) is 0 Å². The maximum Gasteiger partial charge on any atom is 0.287 e. The number of amides is 1. The number of carbonyl (C=O) groups excluding carboxylic acids is 1. The van der Waals surface area contributed by atoms with Crippen LogP contribution in [-0.2, 0) is 6.42 Å². The van der Waals surface area contributed by atoms with E-state index in [0.29, 0.717) is 12.3 Å². The van der Waals surface area contributed by atoms with Crippen molar-refractivity contribution >= 4 is 22.5 Å². The van der Waals surface area contributed by atoms with Crippen LogP contribution in [0.5, 0.6) is 0 Å². The van der Waals surface area contributed by atoms with Crippen molar-refractivity contribution < 1.29 is 9.21 Å². The number of hydrogen-bond donors (Lipinski definition) is 1. The quantitative estimate of drug-likeness (QED) is 0.561. The van der Waals surface area contributed by atoms with Gasteiger partial charge in [0.25, 0.3) is 5.91 Å². The highest BCUT2D eigenvalue weighted by Gasteiger charge is 2.17. The molecule has 3 aromatic heterocycles. The third-order valence-corrected chi connectivity index (χ3v) is 4.55. The maximum absolute atomic E-state index is 12.5. The van der Waals surface area contributed by atoms with E-state index in [2.05, 4.69) is 15.5 Å². The molecule has 0 radical (unpaired) electrons. The van der Waals surface area contributed by atoms with Gasteiger partial charge in [0.15, 0.2) is 11.4 Å². The molecular weight excluding hydrogens is 328 g/mol. The van der Waals surface area contributed by atoms with Crippen LogP contribution in [-0.4, -0.2) is 27.0 Å². The van der Waals surface area contributed by atoms with Crippen molar-refractivity contribution in [3.05, 3.63) is 65.3 Å². The summed E-state index contributed by atoms with van der Waals surface area (Å²) in [7, 11) is 0. The minimum atomic E-state index is -0.178. The summed E-state index contributed by atoms with van der Waals surface area (Å²) in [5.74, 6) is 1.10. The molecule has 1 amide bonds. The number of aryl methyl sites for hydroxylation is 3. The predicted molar refractivity (Wildman–Crippen MR) is 99.3 cm³/mol. The van der Waals surface area contributed by atoms with E-state index >= 15 is 0 Å².